The fourth-order valence-corrected chi connectivity index (χ4v) is 0.270. The van der Waals surface area contributed by atoms with Crippen molar-refractivity contribution in [3.8, 4) is 0 Å². The molecule has 0 aliphatic carbocycles. The summed E-state index contributed by atoms with van der Waals surface area (Å²) in [5.41, 5.74) is 0. The first kappa shape index (κ1) is 8.84. The summed E-state index contributed by atoms with van der Waals surface area (Å²) in [5, 5.41) is 19.5. The summed E-state index contributed by atoms with van der Waals surface area (Å²) in [6.07, 6.45) is 0.429. The normalized spacial score (nSPS) is 10.0. The first-order chi connectivity index (χ1) is 4.41. The molecule has 0 unspecified atom stereocenters. The molecule has 0 saturated heterocycles. The average molecular weight is 134 g/mol. The van der Waals surface area contributed by atoms with Gasteiger partial charge in [0.05, 0.1) is 13.2 Å². The van der Waals surface area contributed by atoms with Crippen LogP contribution in [0.15, 0.2) is 0 Å². The monoisotopic (exact) mass is 134 g/mol. The van der Waals surface area contributed by atoms with Crippen LogP contribution in [0.2, 0.25) is 0 Å². The van der Waals surface area contributed by atoms with Gasteiger partial charge in [-0.25, -0.2) is 20.0 Å². The molecule has 0 saturated carbocycles. The van der Waals surface area contributed by atoms with Crippen molar-refractivity contribution in [2.75, 3.05) is 26.4 Å². The van der Waals surface area contributed by atoms with Gasteiger partial charge in [0.2, 0.25) is 0 Å². The Bertz CT molecular complexity index is 42.2. The van der Waals surface area contributed by atoms with Gasteiger partial charge in [-0.15, -0.1) is 0 Å². The Hall–Kier alpha value is -0.160. The molecule has 0 aliphatic rings. The Kier molecular flexibility index (Phi) is 7.70. The predicted octanol–water partition coefficient (Wildman–Crippen LogP) is 0.186. The van der Waals surface area contributed by atoms with E-state index in [1.807, 2.05) is 0 Å². The third-order valence-corrected chi connectivity index (χ3v) is 0.622. The van der Waals surface area contributed by atoms with E-state index in [9.17, 15) is 10.2 Å². The fourth-order valence-electron chi connectivity index (χ4n) is 0.270. The van der Waals surface area contributed by atoms with E-state index in [4.69, 9.17) is 0 Å². The molecule has 0 spiro atoms. The summed E-state index contributed by atoms with van der Waals surface area (Å²) >= 11 is 0. The van der Waals surface area contributed by atoms with E-state index < -0.39 is 0 Å². The van der Waals surface area contributed by atoms with Crippen molar-refractivity contribution >= 4 is 0 Å². The lowest BCUT2D eigenvalue weighted by atomic mass is 10.5. The van der Waals surface area contributed by atoms with E-state index in [0.29, 0.717) is 6.42 Å². The fraction of sp³-hybridized carbons (Fsp3) is 1.00. The Morgan fingerprint density at radius 3 is 2.11 bits per heavy atom. The van der Waals surface area contributed by atoms with Gasteiger partial charge in [0.15, 0.2) is 0 Å². The van der Waals surface area contributed by atoms with Gasteiger partial charge in [-0.2, -0.15) is 0 Å². The molecule has 0 fully saturated rings. The minimum Gasteiger partial charge on any atom is -0.237 e. The van der Waals surface area contributed by atoms with Gasteiger partial charge >= 0.3 is 0 Å². The van der Waals surface area contributed by atoms with Crippen LogP contribution in [0.3, 0.4) is 0 Å². The Morgan fingerprint density at radius 2 is 1.56 bits per heavy atom. The summed E-state index contributed by atoms with van der Waals surface area (Å²) in [5.74, 6) is 0. The van der Waals surface area contributed by atoms with E-state index in [1.165, 1.54) is 0 Å². The standard InChI is InChI=1S/C5H10O4/c6-2-1-4-8-9-5-3-7/h1-5H2. The Morgan fingerprint density at radius 1 is 0.889 bits per heavy atom. The number of hydrogen-bond donors (Lipinski definition) is 0. The molecule has 54 valence electrons. The molecule has 0 N–H and O–H groups in total. The van der Waals surface area contributed by atoms with Crippen molar-refractivity contribution in [3.05, 3.63) is 0 Å². The molecule has 0 aromatic rings. The van der Waals surface area contributed by atoms with Crippen molar-refractivity contribution in [2.45, 2.75) is 6.42 Å². The third-order valence-electron chi connectivity index (χ3n) is 0.622. The zero-order valence-corrected chi connectivity index (χ0v) is 5.17. The van der Waals surface area contributed by atoms with Crippen LogP contribution in [0, 0.1) is 0 Å². The van der Waals surface area contributed by atoms with Gasteiger partial charge in [0.25, 0.3) is 0 Å². The minimum atomic E-state index is -0.308. The second kappa shape index (κ2) is 7.84. The summed E-state index contributed by atoms with van der Waals surface area (Å²) in [7, 11) is 0. The first-order valence-corrected chi connectivity index (χ1v) is 2.82. The smallest absolute Gasteiger partial charge is 0.109 e. The van der Waals surface area contributed by atoms with E-state index in [2.05, 4.69) is 9.78 Å². The molecule has 9 heavy (non-hydrogen) atoms. The predicted molar refractivity (Wildman–Crippen MR) is 27.6 cm³/mol. The zero-order valence-electron chi connectivity index (χ0n) is 5.17. The molecular formula is C5H10O4. The zero-order chi connectivity index (χ0) is 6.95. The molecular weight excluding hydrogens is 124 g/mol. The van der Waals surface area contributed by atoms with Crippen molar-refractivity contribution in [3.63, 3.8) is 0 Å². The van der Waals surface area contributed by atoms with Gasteiger partial charge in [-0.05, 0) is 0 Å². The lowest BCUT2D eigenvalue weighted by molar-refractivity contribution is -0.300. The average Bonchev–Trinajstić information content (AvgIpc) is 1.89. The highest BCUT2D eigenvalue weighted by Crippen LogP contribution is 1.81. The third kappa shape index (κ3) is 7.84. The van der Waals surface area contributed by atoms with Crippen LogP contribution in [-0.4, -0.2) is 26.4 Å². The van der Waals surface area contributed by atoms with Crippen LogP contribution < -0.4 is 0 Å². The molecule has 0 rings (SSSR count). The van der Waals surface area contributed by atoms with E-state index in [-0.39, 0.29) is 26.4 Å². The van der Waals surface area contributed by atoms with Gasteiger partial charge in [-0.3, -0.25) is 0 Å². The van der Waals surface area contributed by atoms with Crippen molar-refractivity contribution in [1.82, 2.24) is 0 Å². The number of hydrogen-bond acceptors (Lipinski definition) is 2. The quantitative estimate of drug-likeness (QED) is 0.295. The van der Waals surface area contributed by atoms with Crippen LogP contribution in [-0.2, 0) is 20.0 Å². The Balaban J connectivity index is 2.60. The molecule has 0 atom stereocenters. The summed E-state index contributed by atoms with van der Waals surface area (Å²) < 4.78 is 0. The van der Waals surface area contributed by atoms with E-state index in [0.717, 1.165) is 0 Å². The van der Waals surface area contributed by atoms with Crippen molar-refractivity contribution in [2.24, 2.45) is 0 Å². The molecule has 4 heteroatoms. The SMILES string of the molecule is [O]CCCOOCC[O]. The second-order valence-electron chi connectivity index (χ2n) is 1.41. The lowest BCUT2D eigenvalue weighted by Crippen LogP contribution is -2.01. The van der Waals surface area contributed by atoms with Gasteiger partial charge < -0.3 is 0 Å². The molecule has 2 radical (unpaired) electrons. The van der Waals surface area contributed by atoms with E-state index in [1.54, 1.807) is 0 Å². The summed E-state index contributed by atoms with van der Waals surface area (Å²) in [6, 6.07) is 0. The molecule has 0 aromatic heterocycles. The van der Waals surface area contributed by atoms with E-state index >= 15 is 0 Å². The van der Waals surface area contributed by atoms with Gasteiger partial charge in [0, 0.05) is 6.42 Å². The second-order valence-corrected chi connectivity index (χ2v) is 1.41. The summed E-state index contributed by atoms with van der Waals surface area (Å²) in [6.45, 7) is -0.138. The maximum Gasteiger partial charge on any atom is 0.109 e. The van der Waals surface area contributed by atoms with Crippen LogP contribution in [0.4, 0.5) is 0 Å². The maximum atomic E-state index is 9.77. The minimum absolute atomic E-state index is 0.0544. The van der Waals surface area contributed by atoms with Gasteiger partial charge in [-0.1, -0.05) is 0 Å². The highest BCUT2D eigenvalue weighted by atomic mass is 17.2. The van der Waals surface area contributed by atoms with Gasteiger partial charge in [0.1, 0.15) is 13.2 Å². The molecule has 0 aromatic carbocycles. The van der Waals surface area contributed by atoms with Crippen molar-refractivity contribution in [1.29, 1.82) is 0 Å². The largest absolute Gasteiger partial charge is 0.237 e. The highest BCUT2D eigenvalue weighted by molar-refractivity contribution is 4.25. The molecule has 0 aliphatic heterocycles. The molecule has 4 nitrogen and oxygen atoms in total. The topological polar surface area (TPSA) is 58.3 Å². The molecule has 0 bridgehead atoms. The highest BCUT2D eigenvalue weighted by Gasteiger charge is 1.87. The lowest BCUT2D eigenvalue weighted by Gasteiger charge is -1.97. The molecule has 0 heterocycles. The van der Waals surface area contributed by atoms with Crippen LogP contribution in [0.5, 0.6) is 0 Å². The Labute approximate surface area is 53.9 Å². The summed E-state index contributed by atoms with van der Waals surface area (Å²) in [4.78, 5) is 8.75. The molecule has 0 amide bonds. The first-order valence-electron chi connectivity index (χ1n) is 2.82. The van der Waals surface area contributed by atoms with Crippen LogP contribution in [0.25, 0.3) is 0 Å². The van der Waals surface area contributed by atoms with Crippen molar-refractivity contribution < 1.29 is 20.0 Å². The maximum absolute atomic E-state index is 9.77. The van der Waals surface area contributed by atoms with Crippen LogP contribution in [0.1, 0.15) is 6.42 Å². The number of rotatable bonds is 6. The van der Waals surface area contributed by atoms with Crippen LogP contribution >= 0.6 is 0 Å².